The Morgan fingerprint density at radius 3 is 2.79 bits per heavy atom. The van der Waals surface area contributed by atoms with Gasteiger partial charge in [0, 0.05) is 38.4 Å². The molecule has 2 aromatic rings. The van der Waals surface area contributed by atoms with Gasteiger partial charge in [-0.15, -0.1) is 0 Å². The van der Waals surface area contributed by atoms with E-state index in [1.54, 1.807) is 0 Å². The Hall–Kier alpha value is -1.75. The molecule has 2 atom stereocenters. The largest absolute Gasteiger partial charge is 0.371 e. The van der Waals surface area contributed by atoms with Crippen molar-refractivity contribution in [3.63, 3.8) is 0 Å². The van der Waals surface area contributed by atoms with Crippen LogP contribution in [-0.4, -0.2) is 41.3 Å². The van der Waals surface area contributed by atoms with Crippen LogP contribution < -0.4 is 0 Å². The fourth-order valence-electron chi connectivity index (χ4n) is 3.79. The van der Waals surface area contributed by atoms with Gasteiger partial charge < -0.3 is 9.47 Å². The van der Waals surface area contributed by atoms with Gasteiger partial charge >= 0.3 is 0 Å². The monoisotopic (exact) mass is 324 g/mol. The smallest absolute Gasteiger partial charge is 0.0847 e. The van der Waals surface area contributed by atoms with Crippen LogP contribution in [0.3, 0.4) is 0 Å². The molecule has 0 aliphatic carbocycles. The second kappa shape index (κ2) is 7.01. The van der Waals surface area contributed by atoms with E-state index >= 15 is 0 Å². The van der Waals surface area contributed by atoms with Gasteiger partial charge in [-0.2, -0.15) is 0 Å². The minimum absolute atomic E-state index is 0.00229. The molecule has 2 fully saturated rings. The summed E-state index contributed by atoms with van der Waals surface area (Å²) in [4.78, 5) is 6.54. The standard InChI is InChI=1S/C20H24N2O2/c1-2-4-17(5-3-1)13-22-11-8-20(16-22)12-19(15-24-20)23-14-18-6-9-21-10-7-18/h1-7,9-10,19H,8,11-16H2/t19-,20-/m0/s1. The summed E-state index contributed by atoms with van der Waals surface area (Å²) in [6.45, 7) is 4.47. The molecule has 2 aliphatic rings. The number of ether oxygens (including phenoxy) is 2. The highest BCUT2D eigenvalue weighted by atomic mass is 16.6. The fraction of sp³-hybridized carbons (Fsp3) is 0.450. The maximum Gasteiger partial charge on any atom is 0.0847 e. The number of pyridine rings is 1. The highest BCUT2D eigenvalue weighted by Crippen LogP contribution is 2.36. The van der Waals surface area contributed by atoms with Crippen molar-refractivity contribution in [1.82, 2.24) is 9.88 Å². The Morgan fingerprint density at radius 1 is 1.12 bits per heavy atom. The summed E-state index contributed by atoms with van der Waals surface area (Å²) in [7, 11) is 0. The average molecular weight is 324 g/mol. The number of nitrogens with zero attached hydrogens (tertiary/aromatic N) is 2. The molecule has 0 bridgehead atoms. The maximum absolute atomic E-state index is 6.19. The van der Waals surface area contributed by atoms with E-state index in [1.165, 1.54) is 11.1 Å². The summed E-state index contributed by atoms with van der Waals surface area (Å²) in [6, 6.07) is 14.7. The molecule has 126 valence electrons. The Morgan fingerprint density at radius 2 is 1.96 bits per heavy atom. The predicted molar refractivity (Wildman–Crippen MR) is 92.5 cm³/mol. The van der Waals surface area contributed by atoms with Crippen molar-refractivity contribution in [2.24, 2.45) is 0 Å². The van der Waals surface area contributed by atoms with Gasteiger partial charge in [-0.25, -0.2) is 0 Å². The van der Waals surface area contributed by atoms with Crippen LogP contribution in [0.5, 0.6) is 0 Å². The number of rotatable bonds is 5. The zero-order chi connectivity index (χ0) is 16.2. The molecular weight excluding hydrogens is 300 g/mol. The molecular formula is C20H24N2O2. The van der Waals surface area contributed by atoms with E-state index in [4.69, 9.17) is 9.47 Å². The SMILES string of the molecule is c1ccc(CN2CC[C@]3(C[C@H](OCc4ccncc4)CO3)C2)cc1. The lowest BCUT2D eigenvalue weighted by Gasteiger charge is -2.23. The first kappa shape index (κ1) is 15.8. The number of hydrogen-bond acceptors (Lipinski definition) is 4. The van der Waals surface area contributed by atoms with Crippen LogP contribution in [0.1, 0.15) is 24.0 Å². The summed E-state index contributed by atoms with van der Waals surface area (Å²) < 4.78 is 12.2. The lowest BCUT2D eigenvalue weighted by atomic mass is 9.98. The van der Waals surface area contributed by atoms with Gasteiger partial charge in [-0.1, -0.05) is 30.3 Å². The van der Waals surface area contributed by atoms with Crippen LogP contribution in [-0.2, 0) is 22.6 Å². The summed E-state index contributed by atoms with van der Waals surface area (Å²) >= 11 is 0. The van der Waals surface area contributed by atoms with Crippen molar-refractivity contribution >= 4 is 0 Å². The van der Waals surface area contributed by atoms with Crippen molar-refractivity contribution in [3.8, 4) is 0 Å². The lowest BCUT2D eigenvalue weighted by molar-refractivity contribution is -0.000429. The Labute approximate surface area is 143 Å². The first-order valence-corrected chi connectivity index (χ1v) is 8.72. The fourth-order valence-corrected chi connectivity index (χ4v) is 3.79. The predicted octanol–water partition coefficient (Wildman–Crippen LogP) is 3.03. The van der Waals surface area contributed by atoms with Gasteiger partial charge in [0.25, 0.3) is 0 Å². The summed E-state index contributed by atoms with van der Waals surface area (Å²) in [5.41, 5.74) is 2.54. The molecule has 4 rings (SSSR count). The molecule has 1 aromatic carbocycles. The van der Waals surface area contributed by atoms with Crippen LogP contribution in [0.2, 0.25) is 0 Å². The quantitative estimate of drug-likeness (QED) is 0.847. The number of aromatic nitrogens is 1. The van der Waals surface area contributed by atoms with E-state index in [2.05, 4.69) is 40.2 Å². The van der Waals surface area contributed by atoms with E-state index in [1.807, 2.05) is 24.5 Å². The molecule has 4 nitrogen and oxygen atoms in total. The van der Waals surface area contributed by atoms with Crippen LogP contribution >= 0.6 is 0 Å². The van der Waals surface area contributed by atoms with Gasteiger partial charge in [0.1, 0.15) is 0 Å². The second-order valence-electron chi connectivity index (χ2n) is 6.93. The summed E-state index contributed by atoms with van der Waals surface area (Å²) in [5.74, 6) is 0. The number of benzene rings is 1. The molecule has 0 unspecified atom stereocenters. The molecule has 24 heavy (non-hydrogen) atoms. The van der Waals surface area contributed by atoms with E-state index in [0.717, 1.165) is 32.5 Å². The molecule has 1 aromatic heterocycles. The lowest BCUT2D eigenvalue weighted by Crippen LogP contribution is -2.32. The first-order chi connectivity index (χ1) is 11.8. The van der Waals surface area contributed by atoms with Crippen LogP contribution in [0.15, 0.2) is 54.9 Å². The molecule has 4 heteroatoms. The van der Waals surface area contributed by atoms with E-state index in [-0.39, 0.29) is 11.7 Å². The molecule has 2 aliphatic heterocycles. The van der Waals surface area contributed by atoms with E-state index in [0.29, 0.717) is 13.2 Å². The number of likely N-dealkylation sites (tertiary alicyclic amines) is 1. The Balaban J connectivity index is 1.28. The summed E-state index contributed by atoms with van der Waals surface area (Å²) in [6.07, 6.45) is 5.93. The normalized spacial score (nSPS) is 27.1. The average Bonchev–Trinajstić information content (AvgIpc) is 3.21. The Kier molecular flexibility index (Phi) is 4.60. The minimum Gasteiger partial charge on any atom is -0.371 e. The van der Waals surface area contributed by atoms with Gasteiger partial charge in [0.05, 0.1) is 24.9 Å². The first-order valence-electron chi connectivity index (χ1n) is 8.72. The highest BCUT2D eigenvalue weighted by molar-refractivity contribution is 5.15. The molecule has 3 heterocycles. The molecule has 0 saturated carbocycles. The van der Waals surface area contributed by atoms with Gasteiger partial charge in [0.15, 0.2) is 0 Å². The van der Waals surface area contributed by atoms with Crippen LogP contribution in [0, 0.1) is 0 Å². The highest BCUT2D eigenvalue weighted by Gasteiger charge is 2.45. The third-order valence-electron chi connectivity index (χ3n) is 5.05. The molecule has 0 amide bonds. The maximum atomic E-state index is 6.19. The zero-order valence-corrected chi connectivity index (χ0v) is 13.9. The van der Waals surface area contributed by atoms with Gasteiger partial charge in [-0.3, -0.25) is 9.88 Å². The molecule has 2 saturated heterocycles. The zero-order valence-electron chi connectivity index (χ0n) is 13.9. The molecule has 1 spiro atoms. The number of hydrogen-bond donors (Lipinski definition) is 0. The van der Waals surface area contributed by atoms with Crippen molar-refractivity contribution in [3.05, 3.63) is 66.0 Å². The summed E-state index contributed by atoms with van der Waals surface area (Å²) in [5, 5.41) is 0. The second-order valence-corrected chi connectivity index (χ2v) is 6.93. The Bertz CT molecular complexity index is 649. The van der Waals surface area contributed by atoms with Crippen molar-refractivity contribution < 1.29 is 9.47 Å². The van der Waals surface area contributed by atoms with Crippen molar-refractivity contribution in [1.29, 1.82) is 0 Å². The minimum atomic E-state index is -0.00229. The topological polar surface area (TPSA) is 34.6 Å². The van der Waals surface area contributed by atoms with Crippen molar-refractivity contribution in [2.75, 3.05) is 19.7 Å². The van der Waals surface area contributed by atoms with Gasteiger partial charge in [-0.05, 0) is 29.7 Å². The molecule has 0 N–H and O–H groups in total. The van der Waals surface area contributed by atoms with Crippen LogP contribution in [0.25, 0.3) is 0 Å². The van der Waals surface area contributed by atoms with Gasteiger partial charge in [0.2, 0.25) is 0 Å². The van der Waals surface area contributed by atoms with E-state index < -0.39 is 0 Å². The third kappa shape index (κ3) is 3.66. The van der Waals surface area contributed by atoms with Crippen molar-refractivity contribution in [2.45, 2.75) is 37.7 Å². The van der Waals surface area contributed by atoms with Crippen LogP contribution in [0.4, 0.5) is 0 Å². The molecule has 0 radical (unpaired) electrons. The third-order valence-corrected chi connectivity index (χ3v) is 5.05. The van der Waals surface area contributed by atoms with E-state index in [9.17, 15) is 0 Å².